The van der Waals surface area contributed by atoms with Gasteiger partial charge >= 0.3 is 0 Å². The second-order valence-electron chi connectivity index (χ2n) is 8.90. The van der Waals surface area contributed by atoms with Crippen LogP contribution < -0.4 is 0 Å². The van der Waals surface area contributed by atoms with Gasteiger partial charge in [0, 0.05) is 0 Å². The topological polar surface area (TPSA) is 0 Å². The van der Waals surface area contributed by atoms with Crippen LogP contribution in [-0.4, -0.2) is 0 Å². The smallest absolute Gasteiger partial charge is 0.0246 e. The highest BCUT2D eigenvalue weighted by Gasteiger charge is 2.52. The summed E-state index contributed by atoms with van der Waals surface area (Å²) in [6.07, 6.45) is 6.94. The van der Waals surface area contributed by atoms with Crippen molar-refractivity contribution in [1.29, 1.82) is 0 Å². The van der Waals surface area contributed by atoms with Crippen LogP contribution in [0.1, 0.15) is 87.5 Å². The fourth-order valence-electron chi connectivity index (χ4n) is 3.73. The summed E-state index contributed by atoms with van der Waals surface area (Å²) in [5.74, 6) is 1.93. The van der Waals surface area contributed by atoms with E-state index in [1.165, 1.54) is 32.1 Å². The molecule has 3 atom stereocenters. The van der Waals surface area contributed by atoms with Crippen molar-refractivity contribution in [2.45, 2.75) is 87.5 Å². The summed E-state index contributed by atoms with van der Waals surface area (Å²) in [6.45, 7) is 19.6. The minimum atomic E-state index is 0.435. The van der Waals surface area contributed by atoms with E-state index in [9.17, 15) is 0 Å². The van der Waals surface area contributed by atoms with Gasteiger partial charge in [-0.05, 0) is 53.8 Å². The normalized spacial score (nSPS) is 28.0. The monoisotopic (exact) mass is 252 g/mol. The lowest BCUT2D eigenvalue weighted by Crippen LogP contribution is -2.36. The van der Waals surface area contributed by atoms with Crippen LogP contribution in [-0.2, 0) is 0 Å². The molecule has 0 bridgehead atoms. The van der Waals surface area contributed by atoms with Crippen LogP contribution in [0.2, 0.25) is 0 Å². The quantitative estimate of drug-likeness (QED) is 0.520. The standard InChI is InChI=1S/C18H36/c1-9-10-17(6,7)11-12-18(8,16(3,4)5)15-13-14(15)2/h14-15H,9-13H2,1-8H3. The van der Waals surface area contributed by atoms with Crippen LogP contribution in [0.25, 0.3) is 0 Å². The van der Waals surface area contributed by atoms with Gasteiger partial charge in [-0.1, -0.05) is 61.8 Å². The molecule has 0 aromatic carbocycles. The zero-order valence-electron chi connectivity index (χ0n) is 14.2. The van der Waals surface area contributed by atoms with Gasteiger partial charge in [-0.15, -0.1) is 0 Å². The Kier molecular flexibility index (Phi) is 4.62. The van der Waals surface area contributed by atoms with Crippen LogP contribution in [0.4, 0.5) is 0 Å². The molecule has 0 radical (unpaired) electrons. The zero-order valence-corrected chi connectivity index (χ0v) is 14.2. The van der Waals surface area contributed by atoms with Gasteiger partial charge in [0.2, 0.25) is 0 Å². The zero-order chi connectivity index (χ0) is 14.2. The molecule has 0 amide bonds. The Bertz CT molecular complexity index is 268. The first-order valence-electron chi connectivity index (χ1n) is 8.03. The summed E-state index contributed by atoms with van der Waals surface area (Å²) < 4.78 is 0. The summed E-state index contributed by atoms with van der Waals surface area (Å²) in [5.41, 5.74) is 1.49. The molecule has 18 heavy (non-hydrogen) atoms. The minimum Gasteiger partial charge on any atom is -0.0654 e. The van der Waals surface area contributed by atoms with E-state index in [0.717, 1.165) is 11.8 Å². The molecule has 108 valence electrons. The predicted molar refractivity (Wildman–Crippen MR) is 82.8 cm³/mol. The Morgan fingerprint density at radius 2 is 1.39 bits per heavy atom. The van der Waals surface area contributed by atoms with Crippen LogP contribution in [0.3, 0.4) is 0 Å². The van der Waals surface area contributed by atoms with Crippen molar-refractivity contribution in [2.75, 3.05) is 0 Å². The highest BCUT2D eigenvalue weighted by Crippen LogP contribution is 2.61. The van der Waals surface area contributed by atoms with Crippen LogP contribution >= 0.6 is 0 Å². The summed E-state index contributed by atoms with van der Waals surface area (Å²) in [7, 11) is 0. The van der Waals surface area contributed by atoms with Gasteiger partial charge < -0.3 is 0 Å². The molecular formula is C18H36. The Hall–Kier alpha value is 0. The van der Waals surface area contributed by atoms with Crippen molar-refractivity contribution in [3.63, 3.8) is 0 Å². The first-order valence-corrected chi connectivity index (χ1v) is 8.03. The Morgan fingerprint density at radius 3 is 1.72 bits per heavy atom. The Labute approximate surface area is 116 Å². The van der Waals surface area contributed by atoms with Gasteiger partial charge in [-0.25, -0.2) is 0 Å². The summed E-state index contributed by atoms with van der Waals surface area (Å²) in [6, 6.07) is 0. The SMILES string of the molecule is CCCC(C)(C)CCC(C)(C1CC1C)C(C)(C)C. The molecule has 0 aromatic heterocycles. The predicted octanol–water partition coefficient (Wildman–Crippen LogP) is 6.30. The number of hydrogen-bond acceptors (Lipinski definition) is 0. The summed E-state index contributed by atoms with van der Waals surface area (Å²) in [4.78, 5) is 0. The molecule has 0 spiro atoms. The van der Waals surface area contributed by atoms with Gasteiger partial charge in [0.05, 0.1) is 0 Å². The molecule has 1 saturated carbocycles. The molecule has 1 aliphatic carbocycles. The molecule has 3 unspecified atom stereocenters. The van der Waals surface area contributed by atoms with Gasteiger partial charge in [-0.2, -0.15) is 0 Å². The van der Waals surface area contributed by atoms with E-state index >= 15 is 0 Å². The van der Waals surface area contributed by atoms with Gasteiger partial charge in [0.1, 0.15) is 0 Å². The van der Waals surface area contributed by atoms with E-state index in [4.69, 9.17) is 0 Å². The molecule has 0 aromatic rings. The van der Waals surface area contributed by atoms with Crippen LogP contribution in [0, 0.1) is 28.1 Å². The maximum Gasteiger partial charge on any atom is -0.0246 e. The Balaban J connectivity index is 2.70. The van der Waals surface area contributed by atoms with Gasteiger partial charge in [-0.3, -0.25) is 0 Å². The fraction of sp³-hybridized carbons (Fsp3) is 1.00. The maximum atomic E-state index is 2.56. The molecule has 0 saturated heterocycles. The molecule has 1 aliphatic rings. The third-order valence-corrected chi connectivity index (χ3v) is 5.89. The largest absolute Gasteiger partial charge is 0.0654 e. The van der Waals surface area contributed by atoms with E-state index in [1.807, 2.05) is 0 Å². The van der Waals surface area contributed by atoms with Gasteiger partial charge in [0.15, 0.2) is 0 Å². The lowest BCUT2D eigenvalue weighted by Gasteiger charge is -2.45. The lowest BCUT2D eigenvalue weighted by atomic mass is 9.60. The maximum absolute atomic E-state index is 2.56. The van der Waals surface area contributed by atoms with Crippen molar-refractivity contribution in [2.24, 2.45) is 28.1 Å². The van der Waals surface area contributed by atoms with E-state index in [1.54, 1.807) is 0 Å². The average Bonchev–Trinajstić information content (AvgIpc) is 2.91. The average molecular weight is 252 g/mol. The van der Waals surface area contributed by atoms with E-state index < -0.39 is 0 Å². The molecule has 0 aliphatic heterocycles. The van der Waals surface area contributed by atoms with Crippen molar-refractivity contribution >= 4 is 0 Å². The van der Waals surface area contributed by atoms with Crippen molar-refractivity contribution in [3.8, 4) is 0 Å². The molecule has 0 nitrogen and oxygen atoms in total. The second-order valence-corrected chi connectivity index (χ2v) is 8.90. The number of rotatable bonds is 6. The summed E-state index contributed by atoms with van der Waals surface area (Å²) in [5, 5.41) is 0. The van der Waals surface area contributed by atoms with E-state index in [-0.39, 0.29) is 0 Å². The van der Waals surface area contributed by atoms with E-state index in [0.29, 0.717) is 16.2 Å². The third-order valence-electron chi connectivity index (χ3n) is 5.89. The highest BCUT2D eigenvalue weighted by atomic mass is 14.6. The number of hydrogen-bond donors (Lipinski definition) is 0. The molecular weight excluding hydrogens is 216 g/mol. The molecule has 1 fully saturated rings. The first kappa shape index (κ1) is 16.1. The second kappa shape index (κ2) is 5.17. The Morgan fingerprint density at radius 1 is 0.889 bits per heavy atom. The summed E-state index contributed by atoms with van der Waals surface area (Å²) >= 11 is 0. The third kappa shape index (κ3) is 3.52. The van der Waals surface area contributed by atoms with Crippen molar-refractivity contribution in [3.05, 3.63) is 0 Å². The molecule has 0 N–H and O–H groups in total. The van der Waals surface area contributed by atoms with Crippen LogP contribution in [0.15, 0.2) is 0 Å². The van der Waals surface area contributed by atoms with Gasteiger partial charge in [0.25, 0.3) is 0 Å². The molecule has 0 heteroatoms. The first-order chi connectivity index (χ1) is 8.03. The fourth-order valence-corrected chi connectivity index (χ4v) is 3.73. The minimum absolute atomic E-state index is 0.435. The molecule has 0 heterocycles. The van der Waals surface area contributed by atoms with E-state index in [2.05, 4.69) is 55.4 Å². The lowest BCUT2D eigenvalue weighted by molar-refractivity contribution is 0.0465. The molecule has 1 rings (SSSR count). The van der Waals surface area contributed by atoms with Crippen molar-refractivity contribution in [1.82, 2.24) is 0 Å². The van der Waals surface area contributed by atoms with Crippen molar-refractivity contribution < 1.29 is 0 Å². The van der Waals surface area contributed by atoms with Crippen LogP contribution in [0.5, 0.6) is 0 Å². The highest BCUT2D eigenvalue weighted by molar-refractivity contribution is 5.02.